The zero-order valence-electron chi connectivity index (χ0n) is 26.3. The number of rotatable bonds is 12. The molecule has 2 N–H and O–H groups in total. The number of anilines is 1. The number of hydrogen-bond acceptors (Lipinski definition) is 9. The van der Waals surface area contributed by atoms with Crippen molar-refractivity contribution in [2.24, 2.45) is 0 Å². The van der Waals surface area contributed by atoms with Gasteiger partial charge in [-0.3, -0.25) is 25.2 Å². The number of nitrogens with one attached hydrogen (secondary N) is 2. The van der Waals surface area contributed by atoms with Crippen LogP contribution in [-0.4, -0.2) is 60.4 Å². The molecule has 12 heteroatoms. The Kier molecular flexibility index (Phi) is 10.9. The van der Waals surface area contributed by atoms with Crippen molar-refractivity contribution in [1.82, 2.24) is 10.9 Å². The third kappa shape index (κ3) is 7.41. The van der Waals surface area contributed by atoms with E-state index in [0.717, 1.165) is 5.56 Å². The van der Waals surface area contributed by atoms with Crippen LogP contribution in [-0.2, 0) is 6.54 Å². The van der Waals surface area contributed by atoms with E-state index in [0.29, 0.717) is 40.0 Å². The SMILES string of the molecule is COc1ccc(CN(C(=O)c2ccc(C(=O)NNC(=O)c3ccc(OC)cc3OC)cc2)c2cc(OC)c(OC)c(OC)c2)cc1. The monoisotopic (exact) mass is 629 g/mol. The van der Waals surface area contributed by atoms with Gasteiger partial charge < -0.3 is 33.3 Å². The minimum atomic E-state index is -0.584. The predicted octanol–water partition coefficient (Wildman–Crippen LogP) is 4.66. The number of ether oxygens (including phenoxy) is 6. The Hall–Kier alpha value is -5.91. The first-order valence-electron chi connectivity index (χ1n) is 13.9. The van der Waals surface area contributed by atoms with Gasteiger partial charge in [-0.2, -0.15) is 0 Å². The van der Waals surface area contributed by atoms with Gasteiger partial charge in [-0.15, -0.1) is 0 Å². The minimum Gasteiger partial charge on any atom is -0.497 e. The van der Waals surface area contributed by atoms with E-state index in [4.69, 9.17) is 28.4 Å². The van der Waals surface area contributed by atoms with Crippen molar-refractivity contribution >= 4 is 23.4 Å². The van der Waals surface area contributed by atoms with E-state index < -0.39 is 11.8 Å². The van der Waals surface area contributed by atoms with Crippen molar-refractivity contribution < 1.29 is 42.8 Å². The van der Waals surface area contributed by atoms with Gasteiger partial charge in [0.25, 0.3) is 17.7 Å². The van der Waals surface area contributed by atoms with Crippen LogP contribution in [0.1, 0.15) is 36.6 Å². The summed E-state index contributed by atoms with van der Waals surface area (Å²) in [6, 6.07) is 21.4. The van der Waals surface area contributed by atoms with Crippen LogP contribution >= 0.6 is 0 Å². The molecule has 0 aliphatic heterocycles. The van der Waals surface area contributed by atoms with Gasteiger partial charge in [0, 0.05) is 29.3 Å². The second-order valence-electron chi connectivity index (χ2n) is 9.67. The van der Waals surface area contributed by atoms with E-state index in [9.17, 15) is 14.4 Å². The molecule has 0 aromatic heterocycles. The highest BCUT2D eigenvalue weighted by molar-refractivity contribution is 6.07. The highest BCUT2D eigenvalue weighted by Gasteiger charge is 2.23. The normalized spacial score (nSPS) is 10.3. The van der Waals surface area contributed by atoms with Crippen LogP contribution in [0.5, 0.6) is 34.5 Å². The van der Waals surface area contributed by atoms with E-state index >= 15 is 0 Å². The number of methoxy groups -OCH3 is 6. The number of carbonyl (C=O) groups is 3. The zero-order chi connectivity index (χ0) is 33.2. The van der Waals surface area contributed by atoms with Crippen LogP contribution < -0.4 is 44.2 Å². The lowest BCUT2D eigenvalue weighted by atomic mass is 10.1. The number of nitrogens with zero attached hydrogens (tertiary/aromatic N) is 1. The average Bonchev–Trinajstić information content (AvgIpc) is 3.11. The van der Waals surface area contributed by atoms with Gasteiger partial charge in [0.2, 0.25) is 5.75 Å². The Bertz CT molecular complexity index is 1660. The smallest absolute Gasteiger partial charge is 0.273 e. The third-order valence-electron chi connectivity index (χ3n) is 7.04. The number of benzene rings is 4. The van der Waals surface area contributed by atoms with Gasteiger partial charge in [0.05, 0.1) is 60.5 Å². The molecule has 0 saturated carbocycles. The predicted molar refractivity (Wildman–Crippen MR) is 171 cm³/mol. The zero-order valence-corrected chi connectivity index (χ0v) is 26.3. The van der Waals surface area contributed by atoms with Gasteiger partial charge in [-0.25, -0.2) is 0 Å². The summed E-state index contributed by atoms with van der Waals surface area (Å²) in [6.45, 7) is 0.199. The van der Waals surface area contributed by atoms with Gasteiger partial charge in [0.1, 0.15) is 17.2 Å². The van der Waals surface area contributed by atoms with E-state index in [-0.39, 0.29) is 29.3 Å². The first kappa shape index (κ1) is 33.0. The summed E-state index contributed by atoms with van der Waals surface area (Å²) in [7, 11) is 9.00. The summed E-state index contributed by atoms with van der Waals surface area (Å²) in [5.74, 6) is 1.10. The molecular weight excluding hydrogens is 594 g/mol. The lowest BCUT2D eigenvalue weighted by Gasteiger charge is -2.25. The fraction of sp³-hybridized carbons (Fsp3) is 0.206. The number of hydrazine groups is 1. The maximum Gasteiger partial charge on any atom is 0.273 e. The Morgan fingerprint density at radius 3 is 1.65 bits per heavy atom. The van der Waals surface area contributed by atoms with Crippen molar-refractivity contribution in [2.75, 3.05) is 47.6 Å². The second kappa shape index (κ2) is 15.2. The summed E-state index contributed by atoms with van der Waals surface area (Å²) in [4.78, 5) is 41.1. The Morgan fingerprint density at radius 1 is 0.565 bits per heavy atom. The standard InChI is InChI=1S/C34H35N3O9/c1-41-25-13-7-21(8-14-25)20-37(24-17-29(44-4)31(46-6)30(18-24)45-5)34(40)23-11-9-22(10-12-23)32(38)35-36-33(39)27-16-15-26(42-2)19-28(27)43-3/h7-19H,20H2,1-6H3,(H,35,38)(H,36,39). The lowest BCUT2D eigenvalue weighted by Crippen LogP contribution is -2.41. The van der Waals surface area contributed by atoms with E-state index in [1.165, 1.54) is 65.9 Å². The molecule has 4 aromatic rings. The fourth-order valence-electron chi connectivity index (χ4n) is 4.58. The Labute approximate surface area is 266 Å². The maximum absolute atomic E-state index is 14.0. The van der Waals surface area contributed by atoms with Crippen molar-refractivity contribution in [2.45, 2.75) is 6.54 Å². The van der Waals surface area contributed by atoms with Crippen molar-refractivity contribution in [3.05, 3.63) is 101 Å². The summed E-state index contributed by atoms with van der Waals surface area (Å²) in [5.41, 5.74) is 6.82. The molecule has 4 rings (SSSR count). The highest BCUT2D eigenvalue weighted by Crippen LogP contribution is 2.41. The number of hydrogen-bond donors (Lipinski definition) is 2. The summed E-state index contributed by atoms with van der Waals surface area (Å²) in [6.07, 6.45) is 0. The van der Waals surface area contributed by atoms with Gasteiger partial charge >= 0.3 is 0 Å². The van der Waals surface area contributed by atoms with Crippen LogP contribution in [0.4, 0.5) is 5.69 Å². The van der Waals surface area contributed by atoms with Crippen LogP contribution in [0.15, 0.2) is 78.9 Å². The summed E-state index contributed by atoms with van der Waals surface area (Å²) in [5, 5.41) is 0. The molecule has 0 aliphatic carbocycles. The summed E-state index contributed by atoms with van der Waals surface area (Å²) < 4.78 is 32.2. The number of carbonyl (C=O) groups excluding carboxylic acids is 3. The molecule has 0 bridgehead atoms. The molecule has 4 aromatic carbocycles. The third-order valence-corrected chi connectivity index (χ3v) is 7.04. The van der Waals surface area contributed by atoms with Crippen LogP contribution in [0.2, 0.25) is 0 Å². The molecule has 0 atom stereocenters. The van der Waals surface area contributed by atoms with E-state index in [1.807, 2.05) is 24.3 Å². The first-order chi connectivity index (χ1) is 22.3. The van der Waals surface area contributed by atoms with Crippen LogP contribution in [0, 0.1) is 0 Å². The quantitative estimate of drug-likeness (QED) is 0.215. The molecule has 46 heavy (non-hydrogen) atoms. The maximum atomic E-state index is 14.0. The first-order valence-corrected chi connectivity index (χ1v) is 13.9. The number of amides is 3. The van der Waals surface area contributed by atoms with Crippen LogP contribution in [0.25, 0.3) is 0 Å². The molecule has 0 heterocycles. The molecule has 0 saturated heterocycles. The van der Waals surface area contributed by atoms with Crippen molar-refractivity contribution in [3.8, 4) is 34.5 Å². The second-order valence-corrected chi connectivity index (χ2v) is 9.67. The minimum absolute atomic E-state index is 0.199. The fourth-order valence-corrected chi connectivity index (χ4v) is 4.58. The lowest BCUT2D eigenvalue weighted by molar-refractivity contribution is 0.0845. The molecular formula is C34H35N3O9. The molecule has 3 amide bonds. The van der Waals surface area contributed by atoms with Gasteiger partial charge in [0.15, 0.2) is 11.5 Å². The average molecular weight is 630 g/mol. The Balaban J connectivity index is 1.56. The highest BCUT2D eigenvalue weighted by atomic mass is 16.5. The van der Waals surface area contributed by atoms with Gasteiger partial charge in [-0.1, -0.05) is 12.1 Å². The molecule has 0 aliphatic rings. The van der Waals surface area contributed by atoms with Crippen molar-refractivity contribution in [1.29, 1.82) is 0 Å². The molecule has 0 unspecified atom stereocenters. The van der Waals surface area contributed by atoms with Crippen LogP contribution in [0.3, 0.4) is 0 Å². The largest absolute Gasteiger partial charge is 0.497 e. The topological polar surface area (TPSA) is 134 Å². The van der Waals surface area contributed by atoms with E-state index in [2.05, 4.69) is 10.9 Å². The molecule has 240 valence electrons. The molecule has 0 fully saturated rings. The molecule has 0 spiro atoms. The Morgan fingerprint density at radius 2 is 1.11 bits per heavy atom. The molecule has 12 nitrogen and oxygen atoms in total. The van der Waals surface area contributed by atoms with Crippen molar-refractivity contribution in [3.63, 3.8) is 0 Å². The van der Waals surface area contributed by atoms with Gasteiger partial charge in [-0.05, 0) is 54.1 Å². The summed E-state index contributed by atoms with van der Waals surface area (Å²) >= 11 is 0. The molecule has 0 radical (unpaired) electrons. The van der Waals surface area contributed by atoms with E-state index in [1.54, 1.807) is 36.3 Å².